The van der Waals surface area contributed by atoms with Crippen molar-refractivity contribution >= 4 is 23.2 Å². The minimum absolute atomic E-state index is 0.169. The van der Waals surface area contributed by atoms with E-state index in [1.807, 2.05) is 6.07 Å². The largest absolute Gasteiger partial charge is 0.451 e. The molecular formula is C17H23NO3S. The number of rotatable bonds is 4. The molecule has 22 heavy (non-hydrogen) atoms. The summed E-state index contributed by atoms with van der Waals surface area (Å²) < 4.78 is 5.16. The third-order valence-electron chi connectivity index (χ3n) is 4.50. The lowest BCUT2D eigenvalue weighted by molar-refractivity contribution is -0.125. The zero-order valence-corrected chi connectivity index (χ0v) is 13.7. The van der Waals surface area contributed by atoms with Crippen molar-refractivity contribution in [2.24, 2.45) is 0 Å². The molecule has 0 unspecified atom stereocenters. The molecule has 2 aliphatic carbocycles. The second-order valence-corrected chi connectivity index (χ2v) is 7.38. The minimum Gasteiger partial charge on any atom is -0.451 e. The van der Waals surface area contributed by atoms with Gasteiger partial charge in [0.1, 0.15) is 4.88 Å². The van der Waals surface area contributed by atoms with E-state index in [0.29, 0.717) is 4.88 Å². The van der Waals surface area contributed by atoms with Crippen LogP contribution in [0.15, 0.2) is 6.07 Å². The normalized spacial score (nSPS) is 18.5. The molecule has 0 atom stereocenters. The van der Waals surface area contributed by atoms with Crippen LogP contribution in [0.25, 0.3) is 0 Å². The van der Waals surface area contributed by atoms with Gasteiger partial charge in [-0.25, -0.2) is 4.79 Å². The molecular weight excluding hydrogens is 298 g/mol. The van der Waals surface area contributed by atoms with Gasteiger partial charge in [-0.15, -0.1) is 11.3 Å². The van der Waals surface area contributed by atoms with E-state index in [1.54, 1.807) is 0 Å². The van der Waals surface area contributed by atoms with Crippen molar-refractivity contribution < 1.29 is 14.3 Å². The molecule has 1 aromatic rings. The first-order valence-electron chi connectivity index (χ1n) is 8.30. The fourth-order valence-corrected chi connectivity index (χ4v) is 4.47. The van der Waals surface area contributed by atoms with Gasteiger partial charge >= 0.3 is 5.97 Å². The maximum Gasteiger partial charge on any atom is 0.348 e. The zero-order valence-electron chi connectivity index (χ0n) is 12.9. The highest BCUT2D eigenvalue weighted by molar-refractivity contribution is 7.14. The van der Waals surface area contributed by atoms with Gasteiger partial charge in [0.15, 0.2) is 6.61 Å². The SMILES string of the molecule is O=C(COC(=O)c1cc2c(s1)CCC2)NC1CCCCCC1. The number of carbonyl (C=O) groups is 2. The predicted octanol–water partition coefficient (Wildman–Crippen LogP) is 3.23. The molecule has 0 radical (unpaired) electrons. The molecule has 0 bridgehead atoms. The van der Waals surface area contributed by atoms with E-state index in [2.05, 4.69) is 5.32 Å². The molecule has 1 heterocycles. The molecule has 120 valence electrons. The van der Waals surface area contributed by atoms with E-state index >= 15 is 0 Å². The monoisotopic (exact) mass is 321 g/mol. The van der Waals surface area contributed by atoms with Gasteiger partial charge in [0.25, 0.3) is 5.91 Å². The van der Waals surface area contributed by atoms with E-state index in [1.165, 1.54) is 53.9 Å². The number of hydrogen-bond donors (Lipinski definition) is 1. The second kappa shape index (κ2) is 7.27. The number of aryl methyl sites for hydroxylation is 2. The highest BCUT2D eigenvalue weighted by Gasteiger charge is 2.20. The molecule has 1 N–H and O–H groups in total. The Balaban J connectivity index is 1.44. The number of ether oxygens (including phenoxy) is 1. The second-order valence-electron chi connectivity index (χ2n) is 6.24. The number of amides is 1. The van der Waals surface area contributed by atoms with Crippen LogP contribution in [0.1, 0.15) is 65.1 Å². The lowest BCUT2D eigenvalue weighted by atomic mass is 10.1. The van der Waals surface area contributed by atoms with Crippen molar-refractivity contribution in [1.82, 2.24) is 5.32 Å². The summed E-state index contributed by atoms with van der Waals surface area (Å²) in [5.74, 6) is -0.542. The van der Waals surface area contributed by atoms with Crippen LogP contribution >= 0.6 is 11.3 Å². The summed E-state index contributed by atoms with van der Waals surface area (Å²) >= 11 is 1.51. The van der Waals surface area contributed by atoms with Crippen molar-refractivity contribution in [2.75, 3.05) is 6.61 Å². The van der Waals surface area contributed by atoms with E-state index in [-0.39, 0.29) is 24.5 Å². The van der Waals surface area contributed by atoms with Crippen LogP contribution in [0.2, 0.25) is 0 Å². The Bertz CT molecular complexity index is 523. The molecule has 3 rings (SSSR count). The standard InChI is InChI=1S/C17H23NO3S/c19-16(18-13-7-3-1-2-4-8-13)11-21-17(20)15-10-12-6-5-9-14(12)22-15/h10,13H,1-9,11H2,(H,18,19). The van der Waals surface area contributed by atoms with Gasteiger partial charge in [0.05, 0.1) is 0 Å². The Morgan fingerprint density at radius 2 is 1.91 bits per heavy atom. The first-order chi connectivity index (χ1) is 10.7. The Kier molecular flexibility index (Phi) is 5.13. The maximum absolute atomic E-state index is 12.0. The van der Waals surface area contributed by atoms with Gasteiger partial charge in [0.2, 0.25) is 0 Å². The number of carbonyl (C=O) groups excluding carboxylic acids is 2. The van der Waals surface area contributed by atoms with Crippen LogP contribution in [0.3, 0.4) is 0 Å². The van der Waals surface area contributed by atoms with E-state index in [0.717, 1.165) is 25.7 Å². The summed E-state index contributed by atoms with van der Waals surface area (Å²) in [5, 5.41) is 2.99. The van der Waals surface area contributed by atoms with Crippen LogP contribution < -0.4 is 5.32 Å². The first kappa shape index (κ1) is 15.5. The fourth-order valence-electron chi connectivity index (χ4n) is 3.32. The first-order valence-corrected chi connectivity index (χ1v) is 9.12. The summed E-state index contributed by atoms with van der Waals surface area (Å²) in [6, 6.07) is 2.18. The Hall–Kier alpha value is -1.36. The topological polar surface area (TPSA) is 55.4 Å². The van der Waals surface area contributed by atoms with Gasteiger partial charge in [-0.05, 0) is 43.7 Å². The Labute approximate surface area is 135 Å². The van der Waals surface area contributed by atoms with Crippen molar-refractivity contribution in [1.29, 1.82) is 0 Å². The van der Waals surface area contributed by atoms with Crippen molar-refractivity contribution in [3.8, 4) is 0 Å². The van der Waals surface area contributed by atoms with Gasteiger partial charge in [-0.1, -0.05) is 25.7 Å². The van der Waals surface area contributed by atoms with Gasteiger partial charge in [0, 0.05) is 10.9 Å². The number of hydrogen-bond acceptors (Lipinski definition) is 4. The smallest absolute Gasteiger partial charge is 0.348 e. The van der Waals surface area contributed by atoms with Crippen LogP contribution in [0, 0.1) is 0 Å². The molecule has 0 aromatic carbocycles. The Morgan fingerprint density at radius 3 is 2.64 bits per heavy atom. The molecule has 2 aliphatic rings. The fraction of sp³-hybridized carbons (Fsp3) is 0.647. The molecule has 5 heteroatoms. The van der Waals surface area contributed by atoms with Crippen LogP contribution in [-0.4, -0.2) is 24.5 Å². The van der Waals surface area contributed by atoms with Crippen molar-refractivity contribution in [2.45, 2.75) is 63.8 Å². The average molecular weight is 321 g/mol. The van der Waals surface area contributed by atoms with E-state index in [9.17, 15) is 9.59 Å². The van der Waals surface area contributed by atoms with Crippen LogP contribution in [-0.2, 0) is 22.4 Å². The molecule has 0 spiro atoms. The summed E-state index contributed by atoms with van der Waals surface area (Å²) in [4.78, 5) is 25.9. The molecule has 1 saturated carbocycles. The molecule has 0 saturated heterocycles. The van der Waals surface area contributed by atoms with Gasteiger partial charge in [-0.3, -0.25) is 4.79 Å². The molecule has 1 aromatic heterocycles. The van der Waals surface area contributed by atoms with Crippen molar-refractivity contribution in [3.63, 3.8) is 0 Å². The third-order valence-corrected chi connectivity index (χ3v) is 5.72. The zero-order chi connectivity index (χ0) is 15.4. The average Bonchev–Trinajstić information content (AvgIpc) is 3.00. The lowest BCUT2D eigenvalue weighted by Gasteiger charge is -2.15. The summed E-state index contributed by atoms with van der Waals surface area (Å²) in [7, 11) is 0. The minimum atomic E-state index is -0.365. The highest BCUT2D eigenvalue weighted by Crippen LogP contribution is 2.30. The predicted molar refractivity (Wildman–Crippen MR) is 86.3 cm³/mol. The van der Waals surface area contributed by atoms with Crippen LogP contribution in [0.4, 0.5) is 0 Å². The van der Waals surface area contributed by atoms with Gasteiger partial charge < -0.3 is 10.1 Å². The third kappa shape index (κ3) is 3.88. The molecule has 0 aliphatic heterocycles. The quantitative estimate of drug-likeness (QED) is 0.684. The number of nitrogens with one attached hydrogen (secondary N) is 1. The number of thiophene rings is 1. The molecule has 4 nitrogen and oxygen atoms in total. The Morgan fingerprint density at radius 1 is 1.14 bits per heavy atom. The van der Waals surface area contributed by atoms with E-state index in [4.69, 9.17) is 4.74 Å². The highest BCUT2D eigenvalue weighted by atomic mass is 32.1. The summed E-state index contributed by atoms with van der Waals surface area (Å²) in [6.45, 7) is -0.169. The van der Waals surface area contributed by atoms with E-state index < -0.39 is 0 Å². The van der Waals surface area contributed by atoms with Crippen LogP contribution in [0.5, 0.6) is 0 Å². The van der Waals surface area contributed by atoms with Gasteiger partial charge in [-0.2, -0.15) is 0 Å². The number of esters is 1. The summed E-state index contributed by atoms with van der Waals surface area (Å²) in [6.07, 6.45) is 10.2. The molecule has 1 fully saturated rings. The maximum atomic E-state index is 12.0. The summed E-state index contributed by atoms with van der Waals surface area (Å²) in [5.41, 5.74) is 1.28. The van der Waals surface area contributed by atoms with Crippen molar-refractivity contribution in [3.05, 3.63) is 21.4 Å². The molecule has 1 amide bonds. The number of fused-ring (bicyclic) bond motifs is 1. The lowest BCUT2D eigenvalue weighted by Crippen LogP contribution is -2.37.